The molecule has 2 nitrogen and oxygen atoms in total. The van der Waals surface area contributed by atoms with Crippen molar-refractivity contribution in [1.82, 2.24) is 0 Å². The van der Waals surface area contributed by atoms with Crippen LogP contribution in [-0.2, 0) is 0 Å². The molecule has 1 aromatic carbocycles. The first-order chi connectivity index (χ1) is 7.59. The summed E-state index contributed by atoms with van der Waals surface area (Å²) in [6.45, 7) is 3.84. The molecule has 1 N–H and O–H groups in total. The Labute approximate surface area is 98.2 Å². The SMILES string of the molecule is Cc1cc(C)c(-c2cccs2)cc1C(=O)O. The fourth-order valence-corrected chi connectivity index (χ4v) is 2.59. The van der Waals surface area contributed by atoms with Crippen LogP contribution < -0.4 is 0 Å². The van der Waals surface area contributed by atoms with Crippen LogP contribution in [0.3, 0.4) is 0 Å². The highest BCUT2D eigenvalue weighted by Gasteiger charge is 2.11. The molecule has 1 heterocycles. The molecule has 0 bridgehead atoms. The summed E-state index contributed by atoms with van der Waals surface area (Å²) < 4.78 is 0. The van der Waals surface area contributed by atoms with Gasteiger partial charge in [0.1, 0.15) is 0 Å². The van der Waals surface area contributed by atoms with Crippen molar-refractivity contribution in [3.05, 3.63) is 46.3 Å². The summed E-state index contributed by atoms with van der Waals surface area (Å²) in [7, 11) is 0. The van der Waals surface area contributed by atoms with Gasteiger partial charge in [0.05, 0.1) is 5.56 Å². The lowest BCUT2D eigenvalue weighted by molar-refractivity contribution is 0.0696. The number of aromatic carboxylic acids is 1. The summed E-state index contributed by atoms with van der Waals surface area (Å²) in [5.41, 5.74) is 3.32. The van der Waals surface area contributed by atoms with Crippen LogP contribution in [0.4, 0.5) is 0 Å². The molecular weight excluding hydrogens is 220 g/mol. The smallest absolute Gasteiger partial charge is 0.335 e. The highest BCUT2D eigenvalue weighted by Crippen LogP contribution is 2.30. The van der Waals surface area contributed by atoms with Gasteiger partial charge in [0.15, 0.2) is 0 Å². The van der Waals surface area contributed by atoms with Crippen molar-refractivity contribution in [3.63, 3.8) is 0 Å². The Hall–Kier alpha value is -1.61. The number of rotatable bonds is 2. The molecule has 0 amide bonds. The first-order valence-electron chi connectivity index (χ1n) is 4.98. The Morgan fingerprint density at radius 3 is 2.56 bits per heavy atom. The molecule has 3 heteroatoms. The third-order valence-electron chi connectivity index (χ3n) is 2.59. The van der Waals surface area contributed by atoms with Crippen LogP contribution >= 0.6 is 11.3 Å². The number of carboxylic acids is 1. The van der Waals surface area contributed by atoms with E-state index >= 15 is 0 Å². The molecule has 0 aliphatic carbocycles. The lowest BCUT2D eigenvalue weighted by Gasteiger charge is -2.08. The van der Waals surface area contributed by atoms with E-state index in [1.807, 2.05) is 37.4 Å². The molecule has 2 aromatic rings. The Kier molecular flexibility index (Phi) is 2.79. The topological polar surface area (TPSA) is 37.3 Å². The van der Waals surface area contributed by atoms with E-state index in [0.29, 0.717) is 5.56 Å². The Morgan fingerprint density at radius 2 is 2.00 bits per heavy atom. The third-order valence-corrected chi connectivity index (χ3v) is 3.49. The average molecular weight is 232 g/mol. The zero-order valence-corrected chi connectivity index (χ0v) is 9.97. The summed E-state index contributed by atoms with van der Waals surface area (Å²) in [6.07, 6.45) is 0. The Bertz CT molecular complexity index is 527. The molecule has 1 aromatic heterocycles. The summed E-state index contributed by atoms with van der Waals surface area (Å²) in [4.78, 5) is 12.2. The molecule has 2 rings (SSSR count). The number of carbonyl (C=O) groups is 1. The van der Waals surface area contributed by atoms with Crippen molar-refractivity contribution in [2.24, 2.45) is 0 Å². The molecule has 0 aliphatic heterocycles. The second-order valence-electron chi connectivity index (χ2n) is 3.76. The minimum atomic E-state index is -0.865. The number of hydrogen-bond donors (Lipinski definition) is 1. The third kappa shape index (κ3) is 1.86. The van der Waals surface area contributed by atoms with Gasteiger partial charge in [-0.05, 0) is 48.1 Å². The predicted molar refractivity (Wildman–Crippen MR) is 66.2 cm³/mol. The molecule has 0 saturated carbocycles. The van der Waals surface area contributed by atoms with Gasteiger partial charge in [0.2, 0.25) is 0 Å². The Balaban J connectivity index is 2.63. The molecule has 0 fully saturated rings. The monoisotopic (exact) mass is 232 g/mol. The average Bonchev–Trinajstić information content (AvgIpc) is 2.70. The van der Waals surface area contributed by atoms with Gasteiger partial charge >= 0.3 is 5.97 Å². The lowest BCUT2D eigenvalue weighted by atomic mass is 9.99. The molecule has 82 valence electrons. The fraction of sp³-hybridized carbons (Fsp3) is 0.154. The van der Waals surface area contributed by atoms with Crippen LogP contribution in [-0.4, -0.2) is 11.1 Å². The van der Waals surface area contributed by atoms with Gasteiger partial charge in [0, 0.05) is 4.88 Å². The standard InChI is InChI=1S/C13H12O2S/c1-8-6-9(2)11(13(14)15)7-10(8)12-4-3-5-16-12/h3-7H,1-2H3,(H,14,15). The second kappa shape index (κ2) is 4.10. The van der Waals surface area contributed by atoms with Crippen LogP contribution in [0.25, 0.3) is 10.4 Å². The predicted octanol–water partition coefficient (Wildman–Crippen LogP) is 3.73. The Morgan fingerprint density at radius 1 is 1.25 bits per heavy atom. The first-order valence-corrected chi connectivity index (χ1v) is 5.86. The second-order valence-corrected chi connectivity index (χ2v) is 4.71. The largest absolute Gasteiger partial charge is 0.478 e. The van der Waals surface area contributed by atoms with E-state index in [4.69, 9.17) is 5.11 Å². The number of thiophene rings is 1. The summed E-state index contributed by atoms with van der Waals surface area (Å²) in [5.74, 6) is -0.865. The van der Waals surface area contributed by atoms with Gasteiger partial charge in [-0.1, -0.05) is 12.1 Å². The maximum Gasteiger partial charge on any atom is 0.335 e. The van der Waals surface area contributed by atoms with Crippen LogP contribution in [0.5, 0.6) is 0 Å². The molecular formula is C13H12O2S. The molecule has 16 heavy (non-hydrogen) atoms. The highest BCUT2D eigenvalue weighted by molar-refractivity contribution is 7.13. The summed E-state index contributed by atoms with van der Waals surface area (Å²) in [5, 5.41) is 11.1. The molecule has 0 unspecified atom stereocenters. The summed E-state index contributed by atoms with van der Waals surface area (Å²) >= 11 is 1.62. The van der Waals surface area contributed by atoms with Crippen molar-refractivity contribution in [2.45, 2.75) is 13.8 Å². The van der Waals surface area contributed by atoms with E-state index in [0.717, 1.165) is 21.6 Å². The number of carboxylic acid groups (broad SMARTS) is 1. The van der Waals surface area contributed by atoms with Crippen LogP contribution in [0.15, 0.2) is 29.6 Å². The van der Waals surface area contributed by atoms with Gasteiger partial charge < -0.3 is 5.11 Å². The fourth-order valence-electron chi connectivity index (χ4n) is 1.78. The zero-order valence-electron chi connectivity index (χ0n) is 9.15. The van der Waals surface area contributed by atoms with Crippen molar-refractivity contribution in [2.75, 3.05) is 0 Å². The van der Waals surface area contributed by atoms with E-state index < -0.39 is 5.97 Å². The zero-order chi connectivity index (χ0) is 11.7. The van der Waals surface area contributed by atoms with E-state index in [2.05, 4.69) is 0 Å². The van der Waals surface area contributed by atoms with Gasteiger partial charge in [-0.15, -0.1) is 11.3 Å². The molecule has 0 saturated heterocycles. The molecule has 0 aliphatic rings. The number of benzene rings is 1. The maximum atomic E-state index is 11.1. The first kappa shape index (κ1) is 10.9. The number of aryl methyl sites for hydroxylation is 2. The quantitative estimate of drug-likeness (QED) is 0.856. The van der Waals surface area contributed by atoms with Gasteiger partial charge in [0.25, 0.3) is 0 Å². The van der Waals surface area contributed by atoms with E-state index in [1.165, 1.54) is 0 Å². The van der Waals surface area contributed by atoms with E-state index in [9.17, 15) is 4.79 Å². The number of hydrogen-bond acceptors (Lipinski definition) is 2. The van der Waals surface area contributed by atoms with E-state index in [-0.39, 0.29) is 0 Å². The highest BCUT2D eigenvalue weighted by atomic mass is 32.1. The van der Waals surface area contributed by atoms with Crippen molar-refractivity contribution >= 4 is 17.3 Å². The van der Waals surface area contributed by atoms with Crippen molar-refractivity contribution in [3.8, 4) is 10.4 Å². The van der Waals surface area contributed by atoms with Crippen molar-refractivity contribution < 1.29 is 9.90 Å². The van der Waals surface area contributed by atoms with Crippen LogP contribution in [0, 0.1) is 13.8 Å². The minimum Gasteiger partial charge on any atom is -0.478 e. The van der Waals surface area contributed by atoms with Gasteiger partial charge in [-0.3, -0.25) is 0 Å². The van der Waals surface area contributed by atoms with Crippen LogP contribution in [0.2, 0.25) is 0 Å². The molecule has 0 radical (unpaired) electrons. The van der Waals surface area contributed by atoms with Gasteiger partial charge in [-0.25, -0.2) is 4.79 Å². The minimum absolute atomic E-state index is 0.383. The van der Waals surface area contributed by atoms with Crippen molar-refractivity contribution in [1.29, 1.82) is 0 Å². The van der Waals surface area contributed by atoms with E-state index in [1.54, 1.807) is 17.4 Å². The normalized spacial score (nSPS) is 10.4. The molecule has 0 atom stereocenters. The lowest BCUT2D eigenvalue weighted by Crippen LogP contribution is -2.00. The van der Waals surface area contributed by atoms with Crippen LogP contribution in [0.1, 0.15) is 21.5 Å². The summed E-state index contributed by atoms with van der Waals surface area (Å²) in [6, 6.07) is 7.67. The molecule has 0 spiro atoms. The maximum absolute atomic E-state index is 11.1. The van der Waals surface area contributed by atoms with Gasteiger partial charge in [-0.2, -0.15) is 0 Å².